The maximum Gasteiger partial charge on any atom is 0.235 e. The minimum absolute atomic E-state index is 0. The number of carbonyl (C=O) groups excluding carboxylic acids is 1. The highest BCUT2D eigenvalue weighted by molar-refractivity contribution is 8.14. The summed E-state index contributed by atoms with van der Waals surface area (Å²) < 4.78 is 0. The summed E-state index contributed by atoms with van der Waals surface area (Å²) in [6, 6.07) is 3.77. The Kier molecular flexibility index (Phi) is 7.01. The number of aromatic amines is 1. The van der Waals surface area contributed by atoms with Crippen LogP contribution in [-0.2, 0) is 0 Å². The molecule has 2 aromatic rings. The standard InChI is InChI=1S/C14H17N3O2S.C4H10O.H2/c18-14(20-9-10-2-5-17(19)6-3-10)12-7-11-1-4-15-8-13(11)16-12;1-4(2,3)5;/h1,4,7-8,10,16,19H,2-3,5-6,9H2;5H,1-3H3;1H. The molecule has 0 aliphatic carbocycles. The number of hydroxylamine groups is 2. The van der Waals surface area contributed by atoms with Crippen molar-refractivity contribution in [3.8, 4) is 0 Å². The summed E-state index contributed by atoms with van der Waals surface area (Å²) >= 11 is 1.36. The van der Waals surface area contributed by atoms with Crippen molar-refractivity contribution in [1.82, 2.24) is 15.0 Å². The summed E-state index contributed by atoms with van der Waals surface area (Å²) in [5.74, 6) is 1.33. The molecule has 0 unspecified atom stereocenters. The predicted molar refractivity (Wildman–Crippen MR) is 103 cm³/mol. The van der Waals surface area contributed by atoms with Gasteiger partial charge in [-0.1, -0.05) is 11.8 Å². The molecule has 0 radical (unpaired) electrons. The first-order chi connectivity index (χ1) is 11.7. The summed E-state index contributed by atoms with van der Waals surface area (Å²) in [6.45, 7) is 6.64. The van der Waals surface area contributed by atoms with Crippen LogP contribution >= 0.6 is 11.8 Å². The molecular formula is C18H29N3O3S. The molecule has 25 heavy (non-hydrogen) atoms. The minimum atomic E-state index is -0.500. The average molecular weight is 368 g/mol. The fourth-order valence-corrected chi connectivity index (χ4v) is 3.43. The lowest BCUT2D eigenvalue weighted by Crippen LogP contribution is -2.31. The molecule has 0 saturated carbocycles. The predicted octanol–water partition coefficient (Wildman–Crippen LogP) is 3.56. The van der Waals surface area contributed by atoms with Crippen LogP contribution in [0.15, 0.2) is 24.5 Å². The van der Waals surface area contributed by atoms with Crippen LogP contribution in [0.25, 0.3) is 10.9 Å². The van der Waals surface area contributed by atoms with E-state index >= 15 is 0 Å². The summed E-state index contributed by atoms with van der Waals surface area (Å²) in [6.07, 6.45) is 5.36. The molecule has 140 valence electrons. The largest absolute Gasteiger partial charge is 0.391 e. The van der Waals surface area contributed by atoms with E-state index in [2.05, 4.69) is 9.97 Å². The van der Waals surface area contributed by atoms with E-state index < -0.39 is 5.60 Å². The number of carbonyl (C=O) groups is 1. The number of piperidine rings is 1. The number of hydrogen-bond donors (Lipinski definition) is 3. The van der Waals surface area contributed by atoms with Gasteiger partial charge in [0, 0.05) is 31.9 Å². The van der Waals surface area contributed by atoms with Gasteiger partial charge in [-0.2, -0.15) is 5.06 Å². The van der Waals surface area contributed by atoms with Gasteiger partial charge >= 0.3 is 0 Å². The highest BCUT2D eigenvalue weighted by Gasteiger charge is 2.20. The van der Waals surface area contributed by atoms with Gasteiger partial charge in [-0.15, -0.1) is 0 Å². The van der Waals surface area contributed by atoms with Crippen molar-refractivity contribution in [2.45, 2.75) is 39.2 Å². The second-order valence-electron chi connectivity index (χ2n) is 7.31. The second kappa shape index (κ2) is 8.80. The number of H-pyrrole nitrogens is 1. The number of aromatic nitrogens is 2. The summed E-state index contributed by atoms with van der Waals surface area (Å²) in [7, 11) is 0. The van der Waals surface area contributed by atoms with Crippen molar-refractivity contribution in [1.29, 1.82) is 0 Å². The fourth-order valence-electron chi connectivity index (χ4n) is 2.44. The van der Waals surface area contributed by atoms with E-state index in [9.17, 15) is 10.0 Å². The van der Waals surface area contributed by atoms with Gasteiger partial charge in [0.05, 0.1) is 23.0 Å². The van der Waals surface area contributed by atoms with E-state index in [0.29, 0.717) is 24.7 Å². The van der Waals surface area contributed by atoms with E-state index in [1.807, 2.05) is 12.1 Å². The van der Waals surface area contributed by atoms with Gasteiger partial charge in [-0.3, -0.25) is 9.78 Å². The normalized spacial score (nSPS) is 16.5. The second-order valence-corrected chi connectivity index (χ2v) is 8.31. The van der Waals surface area contributed by atoms with Crippen molar-refractivity contribution in [3.63, 3.8) is 0 Å². The van der Waals surface area contributed by atoms with Crippen molar-refractivity contribution in [3.05, 3.63) is 30.2 Å². The van der Waals surface area contributed by atoms with E-state index in [1.54, 1.807) is 33.2 Å². The van der Waals surface area contributed by atoms with Crippen LogP contribution in [0.5, 0.6) is 0 Å². The molecular weight excluding hydrogens is 338 g/mol. The maximum atomic E-state index is 12.2. The van der Waals surface area contributed by atoms with Gasteiger partial charge < -0.3 is 15.3 Å². The van der Waals surface area contributed by atoms with Gasteiger partial charge in [-0.25, -0.2) is 0 Å². The Morgan fingerprint density at radius 1 is 1.44 bits per heavy atom. The molecule has 1 aliphatic heterocycles. The molecule has 1 fully saturated rings. The third-order valence-corrected chi connectivity index (χ3v) is 4.81. The summed E-state index contributed by atoms with van der Waals surface area (Å²) in [5.41, 5.74) is 1.03. The molecule has 0 spiro atoms. The number of nitrogens with one attached hydrogen (secondary N) is 1. The molecule has 0 aromatic carbocycles. The highest BCUT2D eigenvalue weighted by Crippen LogP contribution is 2.24. The van der Waals surface area contributed by atoms with Crippen molar-refractivity contribution < 1.29 is 16.5 Å². The molecule has 0 amide bonds. The number of thioether (sulfide) groups is 1. The highest BCUT2D eigenvalue weighted by atomic mass is 32.2. The van der Waals surface area contributed by atoms with Crippen LogP contribution in [0.3, 0.4) is 0 Å². The summed E-state index contributed by atoms with van der Waals surface area (Å²) in [5, 5.41) is 20.3. The SMILES string of the molecule is CC(C)(C)O.O=C(SCC1CCN(O)CC1)c1cc2ccncc2[nH]1.[HH]. The van der Waals surface area contributed by atoms with Crippen molar-refractivity contribution in [2.75, 3.05) is 18.8 Å². The first-order valence-corrected chi connectivity index (χ1v) is 9.47. The Balaban J connectivity index is 0.000000501. The van der Waals surface area contributed by atoms with Crippen LogP contribution in [-0.4, -0.2) is 54.9 Å². The van der Waals surface area contributed by atoms with Crippen molar-refractivity contribution in [2.24, 2.45) is 5.92 Å². The van der Waals surface area contributed by atoms with Gasteiger partial charge in [-0.05, 0) is 51.7 Å². The zero-order chi connectivity index (χ0) is 18.4. The van der Waals surface area contributed by atoms with Crippen molar-refractivity contribution >= 4 is 27.8 Å². The van der Waals surface area contributed by atoms with E-state index in [0.717, 1.165) is 29.5 Å². The fraction of sp³-hybridized carbons (Fsp3) is 0.556. The average Bonchev–Trinajstić information content (AvgIpc) is 2.96. The maximum absolute atomic E-state index is 12.2. The molecule has 1 aliphatic rings. The van der Waals surface area contributed by atoms with Crippen LogP contribution in [0.1, 0.15) is 45.5 Å². The molecule has 0 atom stereocenters. The topological polar surface area (TPSA) is 89.4 Å². The molecule has 0 bridgehead atoms. The quantitative estimate of drug-likeness (QED) is 0.768. The van der Waals surface area contributed by atoms with E-state index in [4.69, 9.17) is 5.11 Å². The Morgan fingerprint density at radius 2 is 2.08 bits per heavy atom. The zero-order valence-corrected chi connectivity index (χ0v) is 15.8. The minimum Gasteiger partial charge on any atom is -0.391 e. The Morgan fingerprint density at radius 3 is 2.68 bits per heavy atom. The zero-order valence-electron chi connectivity index (χ0n) is 15.0. The number of hydrogen-bond acceptors (Lipinski definition) is 6. The first-order valence-electron chi connectivity index (χ1n) is 8.48. The number of nitrogens with zero attached hydrogens (tertiary/aromatic N) is 2. The lowest BCUT2D eigenvalue weighted by atomic mass is 10.0. The number of aliphatic hydroxyl groups is 1. The smallest absolute Gasteiger partial charge is 0.235 e. The van der Waals surface area contributed by atoms with Crippen LogP contribution in [0, 0.1) is 5.92 Å². The van der Waals surface area contributed by atoms with E-state index in [-0.39, 0.29) is 6.54 Å². The Hall–Kier alpha value is -1.41. The van der Waals surface area contributed by atoms with Gasteiger partial charge in [0.1, 0.15) is 0 Å². The van der Waals surface area contributed by atoms with Gasteiger partial charge in [0.25, 0.3) is 0 Å². The van der Waals surface area contributed by atoms with Gasteiger partial charge in [0.2, 0.25) is 5.12 Å². The molecule has 6 nitrogen and oxygen atoms in total. The Bertz CT molecular complexity index is 655. The molecule has 3 N–H and O–H groups in total. The third kappa shape index (κ3) is 7.15. The molecule has 3 rings (SSSR count). The molecule has 3 heterocycles. The molecule has 2 aromatic heterocycles. The Labute approximate surface area is 154 Å². The van der Waals surface area contributed by atoms with E-state index in [1.165, 1.54) is 16.8 Å². The number of fused-ring (bicyclic) bond motifs is 1. The molecule has 7 heteroatoms. The number of rotatable bonds is 3. The number of pyridine rings is 1. The monoisotopic (exact) mass is 367 g/mol. The van der Waals surface area contributed by atoms with Gasteiger partial charge in [0.15, 0.2) is 0 Å². The molecule has 1 saturated heterocycles. The lowest BCUT2D eigenvalue weighted by molar-refractivity contribution is -0.110. The lowest BCUT2D eigenvalue weighted by Gasteiger charge is -2.26. The summed E-state index contributed by atoms with van der Waals surface area (Å²) in [4.78, 5) is 19.3. The third-order valence-electron chi connectivity index (χ3n) is 3.68. The first kappa shape index (κ1) is 19.9. The van der Waals surface area contributed by atoms with Crippen LogP contribution in [0.4, 0.5) is 0 Å². The van der Waals surface area contributed by atoms with Crippen LogP contribution < -0.4 is 0 Å². The van der Waals surface area contributed by atoms with Crippen LogP contribution in [0.2, 0.25) is 0 Å².